The molecule has 1 heterocycles. The summed E-state index contributed by atoms with van der Waals surface area (Å²) in [5.41, 5.74) is 7.37. The summed E-state index contributed by atoms with van der Waals surface area (Å²) in [4.78, 5) is 12.3. The fraction of sp³-hybridized carbons (Fsp3) is 0.118. The molecule has 0 saturated heterocycles. The first-order valence-electron chi connectivity index (χ1n) is 7.45. The second kappa shape index (κ2) is 6.68. The first kappa shape index (κ1) is 16.6. The minimum atomic E-state index is -0.592. The lowest BCUT2D eigenvalue weighted by Gasteiger charge is -2.06. The zero-order valence-corrected chi connectivity index (χ0v) is 13.3. The average Bonchev–Trinajstić information content (AvgIpc) is 2.94. The SMILES string of the molecule is Cc1ccc(NC(=O)c2nnn(Cc3ccc(F)cc3)c2N)cc1F. The number of rotatable bonds is 4. The van der Waals surface area contributed by atoms with Crippen molar-refractivity contribution in [2.45, 2.75) is 13.5 Å². The van der Waals surface area contributed by atoms with Gasteiger partial charge in [0.1, 0.15) is 11.6 Å². The standard InChI is InChI=1S/C17H15F2N5O/c1-10-2-7-13(8-14(10)19)21-17(25)15-16(20)24(23-22-15)9-11-3-5-12(18)6-4-11/h2-8H,9,20H2,1H3,(H,21,25). The van der Waals surface area contributed by atoms with Crippen LogP contribution in [0.15, 0.2) is 42.5 Å². The summed E-state index contributed by atoms with van der Waals surface area (Å²) < 4.78 is 27.8. The third kappa shape index (κ3) is 3.63. The van der Waals surface area contributed by atoms with Crippen LogP contribution >= 0.6 is 0 Å². The van der Waals surface area contributed by atoms with E-state index in [-0.39, 0.29) is 23.9 Å². The number of aryl methyl sites for hydroxylation is 1. The first-order valence-corrected chi connectivity index (χ1v) is 7.45. The van der Waals surface area contributed by atoms with Crippen molar-refractivity contribution in [3.63, 3.8) is 0 Å². The predicted molar refractivity (Wildman–Crippen MR) is 89.0 cm³/mol. The molecular formula is C17H15F2N5O. The normalized spacial score (nSPS) is 10.7. The summed E-state index contributed by atoms with van der Waals surface area (Å²) in [6.07, 6.45) is 0. The molecule has 6 nitrogen and oxygen atoms in total. The molecule has 3 N–H and O–H groups in total. The molecule has 0 atom stereocenters. The molecule has 0 fully saturated rings. The molecule has 8 heteroatoms. The Balaban J connectivity index is 1.76. The third-order valence-electron chi connectivity index (χ3n) is 3.66. The second-order valence-corrected chi connectivity index (χ2v) is 5.53. The van der Waals surface area contributed by atoms with Crippen molar-refractivity contribution in [2.75, 3.05) is 11.1 Å². The molecule has 0 bridgehead atoms. The highest BCUT2D eigenvalue weighted by atomic mass is 19.1. The molecule has 0 saturated carbocycles. The van der Waals surface area contributed by atoms with Crippen LogP contribution in [0.1, 0.15) is 21.6 Å². The van der Waals surface area contributed by atoms with E-state index < -0.39 is 11.7 Å². The third-order valence-corrected chi connectivity index (χ3v) is 3.66. The first-order chi connectivity index (χ1) is 11.9. The number of aromatic nitrogens is 3. The number of anilines is 2. The van der Waals surface area contributed by atoms with E-state index in [1.54, 1.807) is 31.2 Å². The minimum absolute atomic E-state index is 0.0643. The number of nitrogen functional groups attached to an aromatic ring is 1. The molecule has 3 aromatic rings. The summed E-state index contributed by atoms with van der Waals surface area (Å²) >= 11 is 0. The molecule has 0 spiro atoms. The summed E-state index contributed by atoms with van der Waals surface area (Å²) in [6, 6.07) is 10.2. The lowest BCUT2D eigenvalue weighted by molar-refractivity contribution is 0.102. The van der Waals surface area contributed by atoms with Gasteiger partial charge in [-0.3, -0.25) is 4.79 Å². The average molecular weight is 343 g/mol. The summed E-state index contributed by atoms with van der Waals surface area (Å²) in [6.45, 7) is 1.87. The summed E-state index contributed by atoms with van der Waals surface area (Å²) in [5.74, 6) is -1.30. The lowest BCUT2D eigenvalue weighted by atomic mass is 10.2. The molecule has 0 aliphatic rings. The topological polar surface area (TPSA) is 85.8 Å². The van der Waals surface area contributed by atoms with Gasteiger partial charge in [-0.2, -0.15) is 0 Å². The van der Waals surface area contributed by atoms with Crippen LogP contribution in [0.2, 0.25) is 0 Å². The minimum Gasteiger partial charge on any atom is -0.382 e. The summed E-state index contributed by atoms with van der Waals surface area (Å²) in [5, 5.41) is 10.1. The maximum Gasteiger partial charge on any atom is 0.280 e. The highest BCUT2D eigenvalue weighted by Gasteiger charge is 2.18. The van der Waals surface area contributed by atoms with Gasteiger partial charge in [0.05, 0.1) is 6.54 Å². The maximum atomic E-state index is 13.6. The number of hydrogen-bond acceptors (Lipinski definition) is 4. The van der Waals surface area contributed by atoms with Crippen molar-refractivity contribution in [1.82, 2.24) is 15.0 Å². The Morgan fingerprint density at radius 1 is 1.20 bits per heavy atom. The van der Waals surface area contributed by atoms with E-state index in [2.05, 4.69) is 15.6 Å². The molecule has 0 unspecified atom stereocenters. The van der Waals surface area contributed by atoms with Crippen molar-refractivity contribution < 1.29 is 13.6 Å². The van der Waals surface area contributed by atoms with Crippen LogP contribution in [0.4, 0.5) is 20.3 Å². The molecule has 3 rings (SSSR count). The molecule has 128 valence electrons. The van der Waals surface area contributed by atoms with Gasteiger partial charge in [0, 0.05) is 5.69 Å². The van der Waals surface area contributed by atoms with Crippen LogP contribution in [0.25, 0.3) is 0 Å². The van der Waals surface area contributed by atoms with Gasteiger partial charge in [0.2, 0.25) is 0 Å². The van der Waals surface area contributed by atoms with E-state index in [4.69, 9.17) is 5.73 Å². The number of benzene rings is 2. The molecule has 0 aliphatic carbocycles. The predicted octanol–water partition coefficient (Wildman–Crippen LogP) is 2.75. The maximum absolute atomic E-state index is 13.6. The largest absolute Gasteiger partial charge is 0.382 e. The Bertz CT molecular complexity index is 921. The number of carbonyl (C=O) groups is 1. The van der Waals surface area contributed by atoms with Gasteiger partial charge in [-0.05, 0) is 42.3 Å². The van der Waals surface area contributed by atoms with Gasteiger partial charge in [-0.15, -0.1) is 5.10 Å². The van der Waals surface area contributed by atoms with E-state index in [1.165, 1.54) is 22.9 Å². The van der Waals surface area contributed by atoms with Gasteiger partial charge in [0.15, 0.2) is 11.5 Å². The van der Waals surface area contributed by atoms with E-state index in [0.29, 0.717) is 11.3 Å². The Labute approximate surface area is 142 Å². The Kier molecular flexibility index (Phi) is 4.42. The molecule has 1 amide bonds. The molecule has 0 aliphatic heterocycles. The van der Waals surface area contributed by atoms with Crippen molar-refractivity contribution >= 4 is 17.4 Å². The van der Waals surface area contributed by atoms with Crippen LogP contribution in [-0.4, -0.2) is 20.9 Å². The van der Waals surface area contributed by atoms with E-state index in [1.807, 2.05) is 0 Å². The lowest BCUT2D eigenvalue weighted by Crippen LogP contribution is -2.15. The van der Waals surface area contributed by atoms with E-state index in [0.717, 1.165) is 5.56 Å². The van der Waals surface area contributed by atoms with Crippen molar-refractivity contribution in [1.29, 1.82) is 0 Å². The van der Waals surface area contributed by atoms with Gasteiger partial charge in [0.25, 0.3) is 5.91 Å². The quantitative estimate of drug-likeness (QED) is 0.763. The molecule has 2 aromatic carbocycles. The number of halogens is 2. The fourth-order valence-corrected chi connectivity index (χ4v) is 2.22. The van der Waals surface area contributed by atoms with Crippen molar-refractivity contribution in [3.8, 4) is 0 Å². The number of nitrogens with one attached hydrogen (secondary N) is 1. The second-order valence-electron chi connectivity index (χ2n) is 5.53. The highest BCUT2D eigenvalue weighted by Crippen LogP contribution is 2.17. The zero-order valence-electron chi connectivity index (χ0n) is 13.3. The number of carbonyl (C=O) groups excluding carboxylic acids is 1. The van der Waals surface area contributed by atoms with Crippen molar-refractivity contribution in [2.24, 2.45) is 0 Å². The van der Waals surface area contributed by atoms with Gasteiger partial charge in [-0.1, -0.05) is 23.4 Å². The van der Waals surface area contributed by atoms with Crippen LogP contribution in [0, 0.1) is 18.6 Å². The molecular weight excluding hydrogens is 328 g/mol. The summed E-state index contributed by atoms with van der Waals surface area (Å²) in [7, 11) is 0. The molecule has 25 heavy (non-hydrogen) atoms. The monoisotopic (exact) mass is 343 g/mol. The zero-order chi connectivity index (χ0) is 18.0. The Hall–Kier alpha value is -3.29. The molecule has 0 radical (unpaired) electrons. The van der Waals surface area contributed by atoms with Crippen LogP contribution < -0.4 is 11.1 Å². The number of nitrogens with zero attached hydrogens (tertiary/aromatic N) is 3. The van der Waals surface area contributed by atoms with Gasteiger partial charge >= 0.3 is 0 Å². The number of amides is 1. The Morgan fingerprint density at radius 2 is 1.92 bits per heavy atom. The Morgan fingerprint density at radius 3 is 2.60 bits per heavy atom. The van der Waals surface area contributed by atoms with Gasteiger partial charge < -0.3 is 11.1 Å². The molecule has 1 aromatic heterocycles. The van der Waals surface area contributed by atoms with Crippen LogP contribution in [-0.2, 0) is 6.54 Å². The van der Waals surface area contributed by atoms with E-state index in [9.17, 15) is 13.6 Å². The van der Waals surface area contributed by atoms with Crippen molar-refractivity contribution in [3.05, 3.63) is 70.9 Å². The fourth-order valence-electron chi connectivity index (χ4n) is 2.22. The van der Waals surface area contributed by atoms with Crippen LogP contribution in [0.5, 0.6) is 0 Å². The number of hydrogen-bond donors (Lipinski definition) is 2. The van der Waals surface area contributed by atoms with E-state index >= 15 is 0 Å². The smallest absolute Gasteiger partial charge is 0.280 e. The highest BCUT2D eigenvalue weighted by molar-refractivity contribution is 6.05. The van der Waals surface area contributed by atoms with Crippen LogP contribution in [0.3, 0.4) is 0 Å². The number of nitrogens with two attached hydrogens (primary N) is 1. The van der Waals surface area contributed by atoms with Gasteiger partial charge in [-0.25, -0.2) is 13.5 Å².